The minimum Gasteiger partial charge on any atom is -0.382 e. The van der Waals surface area contributed by atoms with E-state index in [4.69, 9.17) is 5.73 Å². The number of fused-ring (bicyclic) bond motifs is 1. The van der Waals surface area contributed by atoms with E-state index in [0.29, 0.717) is 42.0 Å². The highest BCUT2D eigenvalue weighted by Crippen LogP contribution is 2.25. The van der Waals surface area contributed by atoms with E-state index in [0.717, 1.165) is 0 Å². The number of nitrogens with two attached hydrogens (primary N) is 1. The number of carbonyl (C=O) groups is 3. The number of rotatable bonds is 1. The lowest BCUT2D eigenvalue weighted by Crippen LogP contribution is -2.56. The summed E-state index contributed by atoms with van der Waals surface area (Å²) in [5, 5.41) is 7.30. The van der Waals surface area contributed by atoms with Crippen molar-refractivity contribution in [3.05, 3.63) is 48.8 Å². The maximum Gasteiger partial charge on any atom is 0.313 e. The summed E-state index contributed by atoms with van der Waals surface area (Å²) in [5.74, 6) is -1.15. The molecule has 32 heavy (non-hydrogen) atoms. The first-order chi connectivity index (χ1) is 15.3. The second kappa shape index (κ2) is 9.90. The third-order valence-corrected chi connectivity index (χ3v) is 5.23. The van der Waals surface area contributed by atoms with Gasteiger partial charge >= 0.3 is 11.8 Å². The number of pyridine rings is 1. The number of aromatic nitrogens is 3. The number of anilines is 2. The first-order valence-corrected chi connectivity index (χ1v) is 10.2. The number of benzene rings is 1. The van der Waals surface area contributed by atoms with Crippen LogP contribution in [0.25, 0.3) is 10.9 Å². The molecular weight excluding hydrogens is 410 g/mol. The van der Waals surface area contributed by atoms with Crippen molar-refractivity contribution >= 4 is 40.1 Å². The second-order valence-electron chi connectivity index (χ2n) is 7.51. The van der Waals surface area contributed by atoms with Gasteiger partial charge in [0.15, 0.2) is 0 Å². The summed E-state index contributed by atoms with van der Waals surface area (Å²) >= 11 is 0. The van der Waals surface area contributed by atoms with Gasteiger partial charge in [0.2, 0.25) is 5.91 Å². The number of hydrogen-bond donors (Lipinski definition) is 2. The first kappa shape index (κ1) is 22.7. The van der Waals surface area contributed by atoms with Gasteiger partial charge in [-0.05, 0) is 6.92 Å². The molecule has 168 valence electrons. The Morgan fingerprint density at radius 2 is 1.69 bits per heavy atom. The lowest BCUT2D eigenvalue weighted by molar-refractivity contribution is -0.147. The molecule has 0 bridgehead atoms. The van der Waals surface area contributed by atoms with Gasteiger partial charge in [0, 0.05) is 45.0 Å². The Bertz CT molecular complexity index is 1090. The van der Waals surface area contributed by atoms with E-state index in [1.165, 1.54) is 18.0 Å². The van der Waals surface area contributed by atoms with Crippen LogP contribution in [-0.4, -0.2) is 68.0 Å². The minimum atomic E-state index is -0.759. The Hall–Kier alpha value is -3.95. The molecule has 3 N–H and O–H groups in total. The van der Waals surface area contributed by atoms with Gasteiger partial charge in [-0.15, -0.1) is 0 Å². The van der Waals surface area contributed by atoms with Gasteiger partial charge in [-0.1, -0.05) is 36.4 Å². The number of aryl methyl sites for hydroxylation is 1. The van der Waals surface area contributed by atoms with Crippen LogP contribution >= 0.6 is 0 Å². The lowest BCUT2D eigenvalue weighted by Gasteiger charge is -2.39. The molecule has 10 heteroatoms. The van der Waals surface area contributed by atoms with Crippen molar-refractivity contribution in [3.63, 3.8) is 0 Å². The van der Waals surface area contributed by atoms with Crippen LogP contribution in [0.15, 0.2) is 48.8 Å². The molecule has 1 saturated heterocycles. The molecule has 1 fully saturated rings. The van der Waals surface area contributed by atoms with Crippen molar-refractivity contribution in [2.75, 3.05) is 30.7 Å². The normalized spacial score (nSPS) is 15.7. The predicted molar refractivity (Wildman–Crippen MR) is 121 cm³/mol. The quantitative estimate of drug-likeness (QED) is 0.552. The van der Waals surface area contributed by atoms with Crippen LogP contribution in [0, 0.1) is 0 Å². The number of nitrogen functional groups attached to an aromatic ring is 1. The van der Waals surface area contributed by atoms with Crippen LogP contribution in [-0.2, 0) is 21.4 Å². The summed E-state index contributed by atoms with van der Waals surface area (Å²) in [4.78, 5) is 43.6. The van der Waals surface area contributed by atoms with Gasteiger partial charge in [0.25, 0.3) is 0 Å². The average Bonchev–Trinajstić information content (AvgIpc) is 3.19. The highest BCUT2D eigenvalue weighted by Gasteiger charge is 2.31. The van der Waals surface area contributed by atoms with Crippen molar-refractivity contribution in [2.45, 2.75) is 19.9 Å². The maximum absolute atomic E-state index is 12.5. The Kier molecular flexibility index (Phi) is 7.04. The highest BCUT2D eigenvalue weighted by molar-refractivity contribution is 6.40. The third kappa shape index (κ3) is 5.02. The van der Waals surface area contributed by atoms with Crippen LogP contribution in [0.3, 0.4) is 0 Å². The van der Waals surface area contributed by atoms with Crippen molar-refractivity contribution < 1.29 is 14.4 Å². The van der Waals surface area contributed by atoms with Gasteiger partial charge in [0.1, 0.15) is 11.3 Å². The van der Waals surface area contributed by atoms with Crippen LogP contribution in [0.2, 0.25) is 0 Å². The summed E-state index contributed by atoms with van der Waals surface area (Å²) in [6.45, 7) is 4.38. The molecule has 3 heterocycles. The molecule has 10 nitrogen and oxygen atoms in total. The van der Waals surface area contributed by atoms with Crippen LogP contribution < -0.4 is 11.1 Å². The third-order valence-electron chi connectivity index (χ3n) is 5.23. The van der Waals surface area contributed by atoms with Crippen molar-refractivity contribution in [1.29, 1.82) is 0 Å². The lowest BCUT2D eigenvalue weighted by atomic mass is 10.2. The van der Waals surface area contributed by atoms with E-state index < -0.39 is 11.8 Å². The number of hydrogen-bond acceptors (Lipinski definition) is 6. The summed E-state index contributed by atoms with van der Waals surface area (Å²) in [6, 6.07) is 11.9. The topological polar surface area (TPSA) is 126 Å². The van der Waals surface area contributed by atoms with E-state index in [2.05, 4.69) is 15.4 Å². The van der Waals surface area contributed by atoms with Crippen molar-refractivity contribution in [2.24, 2.45) is 7.05 Å². The summed E-state index contributed by atoms with van der Waals surface area (Å²) in [5.41, 5.74) is 6.79. The summed E-state index contributed by atoms with van der Waals surface area (Å²) in [6.07, 6.45) is 2.96. The van der Waals surface area contributed by atoms with Crippen molar-refractivity contribution in [3.8, 4) is 0 Å². The fraction of sp³-hybridized carbons (Fsp3) is 0.318. The van der Waals surface area contributed by atoms with E-state index in [9.17, 15) is 14.4 Å². The Balaban J connectivity index is 0.000000416. The smallest absolute Gasteiger partial charge is 0.313 e. The number of piperazine rings is 1. The fourth-order valence-corrected chi connectivity index (χ4v) is 3.62. The highest BCUT2D eigenvalue weighted by atomic mass is 16.2. The van der Waals surface area contributed by atoms with E-state index in [1.807, 2.05) is 43.3 Å². The zero-order valence-electron chi connectivity index (χ0n) is 18.4. The number of carbonyl (C=O) groups excluding carboxylic acids is 3. The fourth-order valence-electron chi connectivity index (χ4n) is 3.62. The van der Waals surface area contributed by atoms with Gasteiger partial charge in [-0.2, -0.15) is 5.10 Å². The Morgan fingerprint density at radius 1 is 1.06 bits per heavy atom. The molecular formula is C22H27N7O3. The summed E-state index contributed by atoms with van der Waals surface area (Å²) in [7, 11) is 1.72. The Labute approximate surface area is 186 Å². The minimum absolute atomic E-state index is 0.0408. The molecule has 1 aromatic carbocycles. The summed E-state index contributed by atoms with van der Waals surface area (Å²) < 4.78 is 1.55. The van der Waals surface area contributed by atoms with Gasteiger partial charge in [-0.3, -0.25) is 19.1 Å². The molecule has 1 aliphatic rings. The van der Waals surface area contributed by atoms with Crippen LogP contribution in [0.5, 0.6) is 0 Å². The zero-order valence-corrected chi connectivity index (χ0v) is 18.4. The molecule has 3 amide bonds. The first-order valence-electron chi connectivity index (χ1n) is 10.2. The predicted octanol–water partition coefficient (Wildman–Crippen LogP) is 1.25. The molecule has 0 aliphatic carbocycles. The number of amides is 3. The molecule has 1 aliphatic heterocycles. The van der Waals surface area contributed by atoms with Crippen LogP contribution in [0.4, 0.5) is 11.5 Å². The molecule has 3 aromatic rings. The average molecular weight is 438 g/mol. The van der Waals surface area contributed by atoms with Crippen LogP contribution in [0.1, 0.15) is 13.8 Å². The largest absolute Gasteiger partial charge is 0.382 e. The van der Waals surface area contributed by atoms with Gasteiger partial charge in [-0.25, -0.2) is 4.98 Å². The van der Waals surface area contributed by atoms with E-state index in [1.54, 1.807) is 22.8 Å². The molecule has 0 saturated carbocycles. The molecule has 1 atom stereocenters. The molecule has 0 radical (unpaired) electrons. The number of nitrogens with zero attached hydrogens (tertiary/aromatic N) is 5. The maximum atomic E-state index is 12.5. The molecule has 4 rings (SSSR count). The van der Waals surface area contributed by atoms with E-state index in [-0.39, 0.29) is 11.9 Å². The Morgan fingerprint density at radius 3 is 2.25 bits per heavy atom. The van der Waals surface area contributed by atoms with Gasteiger partial charge in [0.05, 0.1) is 18.1 Å². The standard InChI is InChI=1S/C16H21N7O3.C6H6/c1-9-8-22(4-5-23(9)10(2)24)16(26)15(25)20-12-7-18-14(17)13-11(12)6-19-21(13)3;1-2-4-6-5-3-1/h6-7,9H,4-5,8H2,1-3H3,(H2,17,18)(H,20,25);1-6H. The molecule has 1 unspecified atom stereocenters. The molecule has 0 spiro atoms. The van der Waals surface area contributed by atoms with Crippen molar-refractivity contribution in [1.82, 2.24) is 24.6 Å². The number of nitrogens with one attached hydrogen (secondary N) is 1. The van der Waals surface area contributed by atoms with E-state index >= 15 is 0 Å². The SMILES string of the molecule is CC(=O)N1CCN(C(=O)C(=O)Nc2cnc(N)c3c2cnn3C)CC1C.c1ccccc1. The van der Waals surface area contributed by atoms with Gasteiger partial charge < -0.3 is 20.9 Å². The second-order valence-corrected chi connectivity index (χ2v) is 7.51. The zero-order chi connectivity index (χ0) is 23.3. The monoisotopic (exact) mass is 437 g/mol. The molecule has 2 aromatic heterocycles.